The molecule has 0 aromatic heterocycles. The highest BCUT2D eigenvalue weighted by Gasteiger charge is 2.19. The zero-order valence-electron chi connectivity index (χ0n) is 18.3. The SMILES string of the molecule is COc1cc(CNC(=O)CCCN(c2ccc(F)c(F)c2)S(C)(=O)=O)cc(OC)c1OC. The molecule has 176 valence electrons. The molecule has 0 aliphatic rings. The highest BCUT2D eigenvalue weighted by atomic mass is 32.2. The van der Waals surface area contributed by atoms with Crippen molar-refractivity contribution in [2.75, 3.05) is 38.4 Å². The van der Waals surface area contributed by atoms with Crippen LogP contribution in [0.25, 0.3) is 0 Å². The van der Waals surface area contributed by atoms with Gasteiger partial charge in [-0.25, -0.2) is 17.2 Å². The molecule has 0 saturated heterocycles. The van der Waals surface area contributed by atoms with E-state index in [4.69, 9.17) is 14.2 Å². The fraction of sp³-hybridized carbons (Fsp3) is 0.381. The molecule has 11 heteroatoms. The summed E-state index contributed by atoms with van der Waals surface area (Å²) < 4.78 is 67.5. The van der Waals surface area contributed by atoms with Gasteiger partial charge >= 0.3 is 0 Å². The van der Waals surface area contributed by atoms with Crippen molar-refractivity contribution in [2.45, 2.75) is 19.4 Å². The van der Waals surface area contributed by atoms with Crippen LogP contribution in [0.5, 0.6) is 17.2 Å². The van der Waals surface area contributed by atoms with Gasteiger partial charge in [0.1, 0.15) is 0 Å². The average Bonchev–Trinajstić information content (AvgIpc) is 2.75. The smallest absolute Gasteiger partial charge is 0.232 e. The number of nitrogens with zero attached hydrogens (tertiary/aromatic N) is 1. The minimum absolute atomic E-state index is 0.00997. The summed E-state index contributed by atoms with van der Waals surface area (Å²) in [5.41, 5.74) is 0.705. The van der Waals surface area contributed by atoms with Gasteiger partial charge in [0.15, 0.2) is 23.1 Å². The summed E-state index contributed by atoms with van der Waals surface area (Å²) in [6.07, 6.45) is 1.16. The summed E-state index contributed by atoms with van der Waals surface area (Å²) in [5.74, 6) is -1.20. The van der Waals surface area contributed by atoms with Crippen LogP contribution in [0.4, 0.5) is 14.5 Å². The topological polar surface area (TPSA) is 94.2 Å². The van der Waals surface area contributed by atoms with Crippen LogP contribution in [0, 0.1) is 11.6 Å². The minimum atomic E-state index is -3.75. The predicted octanol–water partition coefficient (Wildman–Crippen LogP) is 2.85. The van der Waals surface area contributed by atoms with E-state index >= 15 is 0 Å². The Labute approximate surface area is 186 Å². The number of amides is 1. The Kier molecular flexibility index (Phi) is 8.64. The number of anilines is 1. The second-order valence-corrected chi connectivity index (χ2v) is 8.75. The number of hydrogen-bond donors (Lipinski definition) is 1. The van der Waals surface area contributed by atoms with Gasteiger partial charge in [-0.05, 0) is 36.2 Å². The molecule has 1 amide bonds. The van der Waals surface area contributed by atoms with Crippen LogP contribution >= 0.6 is 0 Å². The molecule has 0 fully saturated rings. The van der Waals surface area contributed by atoms with Crippen molar-refractivity contribution in [2.24, 2.45) is 0 Å². The molecule has 0 atom stereocenters. The average molecular weight is 473 g/mol. The van der Waals surface area contributed by atoms with Crippen molar-refractivity contribution < 1.29 is 36.2 Å². The van der Waals surface area contributed by atoms with Crippen molar-refractivity contribution in [3.63, 3.8) is 0 Å². The van der Waals surface area contributed by atoms with Gasteiger partial charge in [-0.3, -0.25) is 9.10 Å². The number of rotatable bonds is 11. The van der Waals surface area contributed by atoms with Crippen molar-refractivity contribution in [3.8, 4) is 17.2 Å². The van der Waals surface area contributed by atoms with Crippen molar-refractivity contribution in [1.82, 2.24) is 5.32 Å². The van der Waals surface area contributed by atoms with Crippen molar-refractivity contribution >= 4 is 21.6 Å². The molecule has 32 heavy (non-hydrogen) atoms. The zero-order valence-corrected chi connectivity index (χ0v) is 19.1. The van der Waals surface area contributed by atoms with E-state index in [1.165, 1.54) is 27.4 Å². The van der Waals surface area contributed by atoms with E-state index in [1.54, 1.807) is 12.1 Å². The first kappa shape index (κ1) is 25.2. The number of halogens is 2. The second kappa shape index (κ2) is 11.0. The highest BCUT2D eigenvalue weighted by molar-refractivity contribution is 7.92. The van der Waals surface area contributed by atoms with Crippen LogP contribution < -0.4 is 23.8 Å². The van der Waals surface area contributed by atoms with E-state index in [-0.39, 0.29) is 37.5 Å². The van der Waals surface area contributed by atoms with Gasteiger partial charge in [-0.1, -0.05) is 0 Å². The molecule has 1 N–H and O–H groups in total. The van der Waals surface area contributed by atoms with Gasteiger partial charge in [0, 0.05) is 25.6 Å². The quantitative estimate of drug-likeness (QED) is 0.541. The summed E-state index contributed by atoms with van der Waals surface area (Å²) in [7, 11) is 0.711. The van der Waals surface area contributed by atoms with Gasteiger partial charge in [-0.2, -0.15) is 0 Å². The van der Waals surface area contributed by atoms with E-state index < -0.39 is 21.7 Å². The van der Waals surface area contributed by atoms with Gasteiger partial charge in [0.25, 0.3) is 0 Å². The maximum Gasteiger partial charge on any atom is 0.232 e. The summed E-state index contributed by atoms with van der Waals surface area (Å²) in [6, 6.07) is 6.24. The molecular weight excluding hydrogens is 446 g/mol. The molecule has 0 aliphatic heterocycles. The van der Waals surface area contributed by atoms with E-state index in [9.17, 15) is 22.0 Å². The largest absolute Gasteiger partial charge is 0.493 e. The first-order valence-corrected chi connectivity index (χ1v) is 11.4. The molecule has 0 bridgehead atoms. The van der Waals surface area contributed by atoms with E-state index in [0.29, 0.717) is 22.8 Å². The molecule has 0 saturated carbocycles. The molecule has 0 spiro atoms. The van der Waals surface area contributed by atoms with Crippen LogP contribution in [0.3, 0.4) is 0 Å². The van der Waals surface area contributed by atoms with Crippen molar-refractivity contribution in [3.05, 3.63) is 47.5 Å². The normalized spacial score (nSPS) is 11.1. The summed E-state index contributed by atoms with van der Waals surface area (Å²) in [5, 5.41) is 2.74. The van der Waals surface area contributed by atoms with Crippen LogP contribution in [0.1, 0.15) is 18.4 Å². The lowest BCUT2D eigenvalue weighted by atomic mass is 10.1. The summed E-state index contributed by atoms with van der Waals surface area (Å²) in [6.45, 7) is 0.121. The number of methoxy groups -OCH3 is 3. The third-order valence-corrected chi connectivity index (χ3v) is 5.76. The standard InChI is InChI=1S/C21H26F2N2O6S/c1-29-18-10-14(11-19(30-2)21(18)31-3)13-24-20(26)6-5-9-25(32(4,27)28)15-7-8-16(22)17(23)12-15/h7-8,10-12H,5-6,9,13H2,1-4H3,(H,24,26). The van der Waals surface area contributed by atoms with E-state index in [0.717, 1.165) is 22.7 Å². The molecule has 0 radical (unpaired) electrons. The fourth-order valence-corrected chi connectivity index (χ4v) is 3.99. The minimum Gasteiger partial charge on any atom is -0.493 e. The number of sulfonamides is 1. The number of carbonyl (C=O) groups excluding carboxylic acids is 1. The van der Waals surface area contributed by atoms with Crippen LogP contribution in [0.2, 0.25) is 0 Å². The lowest BCUT2D eigenvalue weighted by Gasteiger charge is -2.22. The molecule has 8 nitrogen and oxygen atoms in total. The number of ether oxygens (including phenoxy) is 3. The highest BCUT2D eigenvalue weighted by Crippen LogP contribution is 2.38. The molecule has 2 rings (SSSR count). The van der Waals surface area contributed by atoms with Crippen LogP contribution in [0.15, 0.2) is 30.3 Å². The van der Waals surface area contributed by atoms with E-state index in [1.807, 2.05) is 0 Å². The van der Waals surface area contributed by atoms with Gasteiger partial charge in [0.05, 0.1) is 33.3 Å². The first-order valence-electron chi connectivity index (χ1n) is 9.59. The number of nitrogens with one attached hydrogen (secondary N) is 1. The monoisotopic (exact) mass is 472 g/mol. The second-order valence-electron chi connectivity index (χ2n) is 6.85. The Morgan fingerprint density at radius 2 is 1.62 bits per heavy atom. The Balaban J connectivity index is 1.98. The Hall–Kier alpha value is -3.08. The zero-order chi connectivity index (χ0) is 23.9. The predicted molar refractivity (Wildman–Crippen MR) is 116 cm³/mol. The molecule has 0 heterocycles. The Bertz CT molecular complexity index is 1040. The van der Waals surface area contributed by atoms with Gasteiger partial charge in [-0.15, -0.1) is 0 Å². The lowest BCUT2D eigenvalue weighted by molar-refractivity contribution is -0.121. The number of benzene rings is 2. The fourth-order valence-electron chi connectivity index (χ4n) is 3.04. The maximum atomic E-state index is 13.5. The maximum absolute atomic E-state index is 13.5. The van der Waals surface area contributed by atoms with Crippen LogP contribution in [-0.4, -0.2) is 48.5 Å². The van der Waals surface area contributed by atoms with Crippen molar-refractivity contribution in [1.29, 1.82) is 0 Å². The van der Waals surface area contributed by atoms with Gasteiger partial charge in [0.2, 0.25) is 21.7 Å². The molecule has 2 aromatic rings. The lowest BCUT2D eigenvalue weighted by Crippen LogP contribution is -2.32. The van der Waals surface area contributed by atoms with Crippen LogP contribution in [-0.2, 0) is 21.4 Å². The molecule has 2 aromatic carbocycles. The summed E-state index contributed by atoms with van der Waals surface area (Å²) in [4.78, 5) is 12.2. The third kappa shape index (κ3) is 6.46. The Morgan fingerprint density at radius 3 is 2.12 bits per heavy atom. The molecule has 0 unspecified atom stereocenters. The van der Waals surface area contributed by atoms with E-state index in [2.05, 4.69) is 5.32 Å². The Morgan fingerprint density at radius 1 is 1.00 bits per heavy atom. The summed E-state index contributed by atoms with van der Waals surface area (Å²) >= 11 is 0. The number of hydrogen-bond acceptors (Lipinski definition) is 6. The third-order valence-electron chi connectivity index (χ3n) is 4.57. The number of carbonyl (C=O) groups is 1. The molecular formula is C21H26F2N2O6S. The van der Waals surface area contributed by atoms with Gasteiger partial charge < -0.3 is 19.5 Å². The first-order chi connectivity index (χ1) is 15.1. The molecule has 0 aliphatic carbocycles.